The molecule has 0 unspecified atom stereocenters. The molecule has 0 aromatic heterocycles. The van der Waals surface area contributed by atoms with Crippen molar-refractivity contribution in [3.63, 3.8) is 0 Å². The molecule has 0 saturated carbocycles. The Hall–Kier alpha value is -2.34. The first-order chi connectivity index (χ1) is 9.49. The fourth-order valence-electron chi connectivity index (χ4n) is 1.53. The Labute approximate surface area is 117 Å². The highest BCUT2D eigenvalue weighted by Gasteiger charge is 2.16. The Morgan fingerprint density at radius 3 is 2.50 bits per heavy atom. The zero-order chi connectivity index (χ0) is 15.1. The van der Waals surface area contributed by atoms with Crippen LogP contribution >= 0.6 is 0 Å². The van der Waals surface area contributed by atoms with Crippen molar-refractivity contribution in [2.45, 2.75) is 13.5 Å². The number of aliphatic hydroxyl groups is 1. The number of carbonyl (C=O) groups excluding carboxylic acids is 2. The van der Waals surface area contributed by atoms with Crippen LogP contribution in [0.1, 0.15) is 11.1 Å². The van der Waals surface area contributed by atoms with Gasteiger partial charge in [0.25, 0.3) is 5.91 Å². The summed E-state index contributed by atoms with van der Waals surface area (Å²) in [6.07, 6.45) is 0.758. The largest absolute Gasteiger partial charge is 0.502 e. The number of hydrogen-bond acceptors (Lipinski definition) is 5. The molecule has 0 heterocycles. The summed E-state index contributed by atoms with van der Waals surface area (Å²) >= 11 is 0. The fraction of sp³-hybridized carbons (Fsp3) is 0.286. The van der Waals surface area contributed by atoms with Gasteiger partial charge in [0.15, 0.2) is 0 Å². The van der Waals surface area contributed by atoms with Crippen molar-refractivity contribution in [2.75, 3.05) is 14.2 Å². The Morgan fingerprint density at radius 1 is 1.30 bits per heavy atom. The van der Waals surface area contributed by atoms with E-state index in [-0.39, 0.29) is 6.54 Å². The number of hydrogen-bond donors (Lipinski definition) is 1. The Morgan fingerprint density at radius 2 is 1.95 bits per heavy atom. The van der Waals surface area contributed by atoms with Crippen LogP contribution in [0, 0.1) is 6.92 Å². The number of aryl methyl sites for hydroxylation is 1. The van der Waals surface area contributed by atoms with Gasteiger partial charge in [-0.15, -0.1) is 0 Å². The number of esters is 1. The average molecular weight is 279 g/mol. The predicted octanol–water partition coefficient (Wildman–Crippen LogP) is 1.50. The van der Waals surface area contributed by atoms with Crippen LogP contribution in [0.5, 0.6) is 0 Å². The van der Waals surface area contributed by atoms with E-state index >= 15 is 0 Å². The van der Waals surface area contributed by atoms with E-state index < -0.39 is 17.6 Å². The van der Waals surface area contributed by atoms with Crippen molar-refractivity contribution < 1.29 is 24.3 Å². The maximum absolute atomic E-state index is 11.9. The van der Waals surface area contributed by atoms with Crippen molar-refractivity contribution in [3.05, 3.63) is 47.2 Å². The number of methoxy groups -OCH3 is 1. The molecule has 1 rings (SSSR count). The molecular formula is C14H17NO5. The fourth-order valence-corrected chi connectivity index (χ4v) is 1.53. The number of rotatable bonds is 5. The van der Waals surface area contributed by atoms with Gasteiger partial charge in [-0.05, 0) is 18.1 Å². The molecule has 0 aliphatic rings. The highest BCUT2D eigenvalue weighted by Crippen LogP contribution is 2.11. The number of amides is 1. The molecular weight excluding hydrogens is 262 g/mol. The van der Waals surface area contributed by atoms with Crippen LogP contribution in [0.15, 0.2) is 36.1 Å². The number of ether oxygens (including phenoxy) is 1. The van der Waals surface area contributed by atoms with Crippen LogP contribution < -0.4 is 0 Å². The molecule has 0 aliphatic heterocycles. The second kappa shape index (κ2) is 7.30. The minimum absolute atomic E-state index is 0.201. The number of nitrogens with zero attached hydrogens (tertiary/aromatic N) is 1. The molecule has 20 heavy (non-hydrogen) atoms. The molecule has 1 aromatic carbocycles. The van der Waals surface area contributed by atoms with Crippen molar-refractivity contribution >= 4 is 11.9 Å². The van der Waals surface area contributed by atoms with E-state index in [0.717, 1.165) is 29.4 Å². The molecule has 6 nitrogen and oxygen atoms in total. The Bertz CT molecular complexity index is 524. The summed E-state index contributed by atoms with van der Waals surface area (Å²) in [6, 6.07) is 7.51. The molecule has 108 valence electrons. The number of hydroxylamine groups is 2. The zero-order valence-electron chi connectivity index (χ0n) is 11.6. The van der Waals surface area contributed by atoms with E-state index in [1.165, 1.54) is 7.11 Å². The average Bonchev–Trinajstić information content (AvgIpc) is 2.45. The van der Waals surface area contributed by atoms with Gasteiger partial charge >= 0.3 is 5.97 Å². The van der Waals surface area contributed by atoms with Gasteiger partial charge < -0.3 is 9.84 Å². The van der Waals surface area contributed by atoms with E-state index in [1.807, 2.05) is 31.2 Å². The van der Waals surface area contributed by atoms with E-state index in [2.05, 4.69) is 4.74 Å². The third-order valence-electron chi connectivity index (χ3n) is 2.70. The zero-order valence-corrected chi connectivity index (χ0v) is 11.6. The van der Waals surface area contributed by atoms with E-state index in [0.29, 0.717) is 0 Å². The Kier molecular flexibility index (Phi) is 5.74. The molecule has 1 aromatic rings. The van der Waals surface area contributed by atoms with Crippen molar-refractivity contribution in [3.8, 4) is 0 Å². The van der Waals surface area contributed by atoms with Crippen LogP contribution in [0.4, 0.5) is 0 Å². The lowest BCUT2D eigenvalue weighted by molar-refractivity contribution is -0.173. The van der Waals surface area contributed by atoms with Crippen molar-refractivity contribution in [1.82, 2.24) is 5.06 Å². The molecule has 0 saturated heterocycles. The van der Waals surface area contributed by atoms with Crippen molar-refractivity contribution in [1.29, 1.82) is 0 Å². The minimum Gasteiger partial charge on any atom is -0.502 e. The van der Waals surface area contributed by atoms with Crippen molar-refractivity contribution in [2.24, 2.45) is 0 Å². The molecule has 0 spiro atoms. The minimum atomic E-state index is -0.981. The predicted molar refractivity (Wildman–Crippen MR) is 71.5 cm³/mol. The lowest BCUT2D eigenvalue weighted by Gasteiger charge is -2.19. The smallest absolute Gasteiger partial charge is 0.373 e. The maximum Gasteiger partial charge on any atom is 0.373 e. The van der Waals surface area contributed by atoms with Gasteiger partial charge in [0.2, 0.25) is 5.76 Å². The van der Waals surface area contributed by atoms with Crippen LogP contribution in [0.25, 0.3) is 0 Å². The first-order valence-electron chi connectivity index (χ1n) is 5.88. The van der Waals surface area contributed by atoms with Crippen LogP contribution in [0.3, 0.4) is 0 Å². The summed E-state index contributed by atoms with van der Waals surface area (Å²) in [6.45, 7) is 2.11. The molecule has 1 N–H and O–H groups in total. The highest BCUT2D eigenvalue weighted by molar-refractivity contribution is 5.96. The van der Waals surface area contributed by atoms with Crippen LogP contribution in [0.2, 0.25) is 0 Å². The highest BCUT2D eigenvalue weighted by atomic mass is 16.7. The molecule has 1 amide bonds. The summed E-state index contributed by atoms with van der Waals surface area (Å²) < 4.78 is 4.29. The summed E-state index contributed by atoms with van der Waals surface area (Å²) in [5.74, 6) is -2.41. The summed E-state index contributed by atoms with van der Waals surface area (Å²) in [4.78, 5) is 27.9. The normalized spacial score (nSPS) is 11.1. The number of carbonyl (C=O) groups is 2. The van der Waals surface area contributed by atoms with Gasteiger partial charge in [0.05, 0.1) is 26.8 Å². The second-order valence-electron chi connectivity index (χ2n) is 4.01. The third kappa shape index (κ3) is 4.10. The first-order valence-corrected chi connectivity index (χ1v) is 5.88. The summed E-state index contributed by atoms with van der Waals surface area (Å²) in [5, 5.41) is 10.4. The van der Waals surface area contributed by atoms with Crippen LogP contribution in [-0.2, 0) is 25.7 Å². The summed E-state index contributed by atoms with van der Waals surface area (Å²) in [5.41, 5.74) is 1.90. The van der Waals surface area contributed by atoms with Gasteiger partial charge in [-0.1, -0.05) is 24.3 Å². The van der Waals surface area contributed by atoms with Gasteiger partial charge in [0, 0.05) is 0 Å². The molecule has 0 bridgehead atoms. The van der Waals surface area contributed by atoms with E-state index in [9.17, 15) is 14.7 Å². The van der Waals surface area contributed by atoms with E-state index in [1.54, 1.807) is 0 Å². The molecule has 0 fully saturated rings. The monoisotopic (exact) mass is 279 g/mol. The van der Waals surface area contributed by atoms with Gasteiger partial charge in [-0.2, -0.15) is 0 Å². The molecule has 0 aliphatic carbocycles. The van der Waals surface area contributed by atoms with Gasteiger partial charge in [-0.25, -0.2) is 9.86 Å². The lowest BCUT2D eigenvalue weighted by atomic mass is 10.1. The Balaban J connectivity index is 2.84. The maximum atomic E-state index is 11.9. The molecule has 6 heteroatoms. The lowest BCUT2D eigenvalue weighted by Crippen LogP contribution is -2.29. The SMILES string of the molecule is COC(=O)/C(O)=C/C(=O)N(Cc1ccccc1C)OC. The number of benzene rings is 1. The quantitative estimate of drug-likeness (QED) is 0.382. The number of aliphatic hydroxyl groups excluding tert-OH is 1. The standard InChI is InChI=1S/C14H17NO5/c1-10-6-4-5-7-11(10)9-15(20-3)13(17)8-12(16)14(18)19-2/h4-8,16H,9H2,1-3H3/b12-8-. The van der Waals surface area contributed by atoms with Gasteiger partial charge in [0.1, 0.15) is 0 Å². The van der Waals surface area contributed by atoms with Crippen LogP contribution in [-0.4, -0.2) is 36.3 Å². The van der Waals surface area contributed by atoms with Gasteiger partial charge in [-0.3, -0.25) is 9.63 Å². The van der Waals surface area contributed by atoms with E-state index in [4.69, 9.17) is 4.84 Å². The first kappa shape index (κ1) is 15.7. The third-order valence-corrected chi connectivity index (χ3v) is 2.70. The summed E-state index contributed by atoms with van der Waals surface area (Å²) in [7, 11) is 2.44. The topological polar surface area (TPSA) is 76.1 Å². The molecule has 0 atom stereocenters. The second-order valence-corrected chi connectivity index (χ2v) is 4.01. The molecule has 0 radical (unpaired) electrons.